The number of ketones is 1. The van der Waals surface area contributed by atoms with E-state index in [9.17, 15) is 14.3 Å². The molecule has 0 aliphatic heterocycles. The highest BCUT2D eigenvalue weighted by Crippen LogP contribution is 2.22. The number of hydrogen-bond acceptors (Lipinski definition) is 5. The average Bonchev–Trinajstić information content (AvgIpc) is 3.08. The summed E-state index contributed by atoms with van der Waals surface area (Å²) in [6, 6.07) is 9.62. The van der Waals surface area contributed by atoms with Crippen molar-refractivity contribution in [3.8, 4) is 5.75 Å². The average molecular weight is 365 g/mol. The normalized spacial score (nSPS) is 13.4. The van der Waals surface area contributed by atoms with Crippen molar-refractivity contribution in [2.24, 2.45) is 5.73 Å². The third-order valence-corrected chi connectivity index (χ3v) is 5.06. The number of rotatable bonds is 10. The van der Waals surface area contributed by atoms with Crippen molar-refractivity contribution in [1.29, 1.82) is 0 Å². The van der Waals surface area contributed by atoms with Crippen LogP contribution in [0.4, 0.5) is 4.39 Å². The Kier molecular flexibility index (Phi) is 7.11. The molecular weight excluding hydrogens is 341 g/mol. The maximum absolute atomic E-state index is 12.8. The lowest BCUT2D eigenvalue weighted by molar-refractivity contribution is 0.0977. The Hall–Kier alpha value is -1.76. The molecule has 2 rings (SSSR count). The summed E-state index contributed by atoms with van der Waals surface area (Å²) in [6.07, 6.45) is 2.43. The number of carbonyl (C=O) groups is 1. The van der Waals surface area contributed by atoms with Crippen molar-refractivity contribution in [2.75, 3.05) is 13.2 Å². The molecule has 1 heterocycles. The zero-order chi connectivity index (χ0) is 18.3. The van der Waals surface area contributed by atoms with Gasteiger partial charge in [0.1, 0.15) is 11.6 Å². The highest BCUT2D eigenvalue weighted by molar-refractivity contribution is 7.14. The lowest BCUT2D eigenvalue weighted by Crippen LogP contribution is -2.40. The predicted molar refractivity (Wildman–Crippen MR) is 97.8 cm³/mol. The Morgan fingerprint density at radius 3 is 2.68 bits per heavy atom. The largest absolute Gasteiger partial charge is 0.494 e. The molecule has 4 nitrogen and oxygen atoms in total. The molecule has 1 atom stereocenters. The monoisotopic (exact) mass is 365 g/mol. The van der Waals surface area contributed by atoms with Crippen LogP contribution in [-0.4, -0.2) is 29.6 Å². The van der Waals surface area contributed by atoms with Crippen LogP contribution in [0, 0.1) is 5.82 Å². The van der Waals surface area contributed by atoms with E-state index in [0.717, 1.165) is 16.2 Å². The predicted octanol–water partition coefficient (Wildman–Crippen LogP) is 3.57. The quantitative estimate of drug-likeness (QED) is 0.499. The van der Waals surface area contributed by atoms with E-state index < -0.39 is 5.54 Å². The van der Waals surface area contributed by atoms with Gasteiger partial charge >= 0.3 is 0 Å². The van der Waals surface area contributed by atoms with Gasteiger partial charge in [0.15, 0.2) is 5.78 Å². The number of nitrogens with two attached hydrogens (primary N) is 1. The molecule has 3 N–H and O–H groups in total. The molecule has 0 amide bonds. The highest BCUT2D eigenvalue weighted by atomic mass is 32.1. The number of carbonyl (C=O) groups excluding carboxylic acids is 1. The topological polar surface area (TPSA) is 72.5 Å². The fourth-order valence-electron chi connectivity index (χ4n) is 2.23. The van der Waals surface area contributed by atoms with Gasteiger partial charge in [0.05, 0.1) is 18.1 Å². The maximum Gasteiger partial charge on any atom is 0.172 e. The minimum absolute atomic E-state index is 0.0573. The summed E-state index contributed by atoms with van der Waals surface area (Å²) < 4.78 is 18.3. The molecule has 0 aliphatic rings. The summed E-state index contributed by atoms with van der Waals surface area (Å²) in [5.41, 5.74) is 5.33. The molecule has 6 heteroatoms. The SMILES string of the molecule is CC(N)(CO)CCc1ccc(C(=O)CCCOc2ccc(F)cc2)s1. The van der Waals surface area contributed by atoms with E-state index in [4.69, 9.17) is 10.5 Å². The Morgan fingerprint density at radius 2 is 2.00 bits per heavy atom. The molecule has 136 valence electrons. The van der Waals surface area contributed by atoms with E-state index in [2.05, 4.69) is 0 Å². The number of hydrogen-bond donors (Lipinski definition) is 2. The van der Waals surface area contributed by atoms with Crippen LogP contribution >= 0.6 is 11.3 Å². The van der Waals surface area contributed by atoms with Gasteiger partial charge in [-0.15, -0.1) is 11.3 Å². The summed E-state index contributed by atoms with van der Waals surface area (Å²) in [6.45, 7) is 2.17. The minimum atomic E-state index is -0.591. The smallest absolute Gasteiger partial charge is 0.172 e. The number of benzene rings is 1. The van der Waals surface area contributed by atoms with Crippen molar-refractivity contribution in [3.63, 3.8) is 0 Å². The first-order chi connectivity index (χ1) is 11.9. The molecule has 1 aromatic carbocycles. The summed E-state index contributed by atoms with van der Waals surface area (Å²) >= 11 is 1.48. The first-order valence-electron chi connectivity index (χ1n) is 8.30. The molecule has 1 unspecified atom stereocenters. The number of aryl methyl sites for hydroxylation is 1. The van der Waals surface area contributed by atoms with Crippen LogP contribution in [0.2, 0.25) is 0 Å². The summed E-state index contributed by atoms with van der Waals surface area (Å²) in [5, 5.41) is 9.18. The lowest BCUT2D eigenvalue weighted by Gasteiger charge is -2.20. The zero-order valence-electron chi connectivity index (χ0n) is 14.3. The van der Waals surface area contributed by atoms with Crippen molar-refractivity contribution in [1.82, 2.24) is 0 Å². The molecule has 0 radical (unpaired) electrons. The minimum Gasteiger partial charge on any atom is -0.494 e. The fraction of sp³-hybridized carbons (Fsp3) is 0.421. The molecule has 1 aromatic heterocycles. The Labute approximate surface area is 151 Å². The second-order valence-electron chi connectivity index (χ2n) is 6.41. The molecule has 0 saturated heterocycles. The van der Waals surface area contributed by atoms with Gasteiger partial charge in [-0.3, -0.25) is 4.79 Å². The van der Waals surface area contributed by atoms with Crippen LogP contribution in [0.1, 0.15) is 40.7 Å². The number of aliphatic hydroxyl groups excluding tert-OH is 1. The Balaban J connectivity index is 1.73. The number of ether oxygens (including phenoxy) is 1. The fourth-order valence-corrected chi connectivity index (χ4v) is 3.20. The molecule has 0 bridgehead atoms. The van der Waals surface area contributed by atoms with Gasteiger partial charge in [0.25, 0.3) is 0 Å². The maximum atomic E-state index is 12.8. The standard InChI is InChI=1S/C19H24FNO3S/c1-19(21,13-22)11-10-16-8-9-18(25-16)17(23)3-2-12-24-15-6-4-14(20)5-7-15/h4-9,22H,2-3,10-13,21H2,1H3. The van der Waals surface area contributed by atoms with Crippen LogP contribution < -0.4 is 10.5 Å². The van der Waals surface area contributed by atoms with Gasteiger partial charge < -0.3 is 15.6 Å². The molecule has 25 heavy (non-hydrogen) atoms. The van der Waals surface area contributed by atoms with Gasteiger partial charge in [-0.1, -0.05) is 0 Å². The van der Waals surface area contributed by atoms with Crippen molar-refractivity contribution in [3.05, 3.63) is 52.0 Å². The van der Waals surface area contributed by atoms with Gasteiger partial charge in [-0.05, 0) is 62.6 Å². The molecular formula is C19H24FNO3S. The van der Waals surface area contributed by atoms with Crippen LogP contribution in [0.15, 0.2) is 36.4 Å². The second-order valence-corrected chi connectivity index (χ2v) is 7.58. The Morgan fingerprint density at radius 1 is 1.28 bits per heavy atom. The van der Waals surface area contributed by atoms with E-state index in [1.54, 1.807) is 12.1 Å². The van der Waals surface area contributed by atoms with Crippen LogP contribution in [0.5, 0.6) is 5.75 Å². The molecule has 0 spiro atoms. The van der Waals surface area contributed by atoms with Gasteiger partial charge in [0.2, 0.25) is 0 Å². The van der Waals surface area contributed by atoms with Crippen LogP contribution in [-0.2, 0) is 6.42 Å². The molecule has 0 fully saturated rings. The molecule has 0 saturated carbocycles. The summed E-state index contributed by atoms with van der Waals surface area (Å²) in [5.74, 6) is 0.391. The Bertz CT molecular complexity index is 682. The summed E-state index contributed by atoms with van der Waals surface area (Å²) in [7, 11) is 0. The number of halogens is 1. The van der Waals surface area contributed by atoms with Gasteiger partial charge in [-0.2, -0.15) is 0 Å². The van der Waals surface area contributed by atoms with E-state index in [-0.39, 0.29) is 18.2 Å². The number of Topliss-reactive ketones (excluding diaryl/α,β-unsaturated/α-hetero) is 1. The van der Waals surface area contributed by atoms with E-state index in [0.29, 0.717) is 31.6 Å². The lowest BCUT2D eigenvalue weighted by atomic mass is 9.98. The number of aliphatic hydroxyl groups is 1. The third-order valence-electron chi connectivity index (χ3n) is 3.87. The number of thiophene rings is 1. The van der Waals surface area contributed by atoms with E-state index in [1.165, 1.54) is 23.5 Å². The highest BCUT2D eigenvalue weighted by Gasteiger charge is 2.17. The molecule has 2 aromatic rings. The third kappa shape index (κ3) is 6.57. The van der Waals surface area contributed by atoms with Crippen LogP contribution in [0.25, 0.3) is 0 Å². The van der Waals surface area contributed by atoms with Crippen molar-refractivity contribution < 1.29 is 19.0 Å². The zero-order valence-corrected chi connectivity index (χ0v) is 15.2. The van der Waals surface area contributed by atoms with Crippen LogP contribution in [0.3, 0.4) is 0 Å². The first-order valence-corrected chi connectivity index (χ1v) is 9.11. The molecule has 0 aliphatic carbocycles. The first kappa shape index (κ1) is 19.6. The second kappa shape index (κ2) is 9.08. The van der Waals surface area contributed by atoms with Gasteiger partial charge in [0, 0.05) is 16.8 Å². The van der Waals surface area contributed by atoms with E-state index in [1.807, 2.05) is 19.1 Å². The van der Waals surface area contributed by atoms with Crippen molar-refractivity contribution in [2.45, 2.75) is 38.1 Å². The van der Waals surface area contributed by atoms with Gasteiger partial charge in [-0.25, -0.2) is 4.39 Å². The summed E-state index contributed by atoms with van der Waals surface area (Å²) in [4.78, 5) is 14.0. The van der Waals surface area contributed by atoms with Crippen molar-refractivity contribution >= 4 is 17.1 Å². The van der Waals surface area contributed by atoms with E-state index >= 15 is 0 Å².